The fourth-order valence-electron chi connectivity index (χ4n) is 4.46. The van der Waals surface area contributed by atoms with Crippen molar-refractivity contribution in [2.45, 2.75) is 58.4 Å². The minimum Gasteiger partial charge on any atom is -0.337 e. The third kappa shape index (κ3) is 3.07. The lowest BCUT2D eigenvalue weighted by atomic mass is 10.0. The van der Waals surface area contributed by atoms with Crippen LogP contribution in [-0.2, 0) is 13.0 Å². The first-order valence-corrected chi connectivity index (χ1v) is 9.83. The van der Waals surface area contributed by atoms with Crippen LogP contribution in [0.15, 0.2) is 0 Å². The number of amides is 2. The van der Waals surface area contributed by atoms with E-state index in [1.807, 2.05) is 14.4 Å². The first-order chi connectivity index (χ1) is 12.1. The number of aromatic nitrogens is 2. The molecule has 4 heterocycles. The summed E-state index contributed by atoms with van der Waals surface area (Å²) in [7, 11) is 0. The fourth-order valence-corrected chi connectivity index (χ4v) is 4.46. The molecule has 1 atom stereocenters. The zero-order valence-electron chi connectivity index (χ0n) is 15.2. The van der Waals surface area contributed by atoms with Gasteiger partial charge in [0.15, 0.2) is 5.82 Å². The maximum absolute atomic E-state index is 13.1. The highest BCUT2D eigenvalue weighted by atomic mass is 16.2. The van der Waals surface area contributed by atoms with Crippen LogP contribution < -0.4 is 0 Å². The number of hydrogen-bond donors (Lipinski definition) is 0. The van der Waals surface area contributed by atoms with Crippen molar-refractivity contribution in [2.75, 3.05) is 26.2 Å². The predicted octanol–water partition coefficient (Wildman–Crippen LogP) is 2.33. The summed E-state index contributed by atoms with van der Waals surface area (Å²) < 4.78 is 2.04. The number of hydrogen-bond acceptors (Lipinski definition) is 3. The number of rotatable bonds is 2. The van der Waals surface area contributed by atoms with Crippen molar-refractivity contribution < 1.29 is 9.59 Å². The monoisotopic (exact) mass is 344 g/mol. The third-order valence-electron chi connectivity index (χ3n) is 5.85. The van der Waals surface area contributed by atoms with Crippen LogP contribution in [0.3, 0.4) is 0 Å². The Balaban J connectivity index is 1.65. The summed E-state index contributed by atoms with van der Waals surface area (Å²) >= 11 is 0. The lowest BCUT2D eigenvalue weighted by Gasteiger charge is -2.31. The second-order valence-electron chi connectivity index (χ2n) is 7.84. The van der Waals surface area contributed by atoms with Gasteiger partial charge in [-0.05, 0) is 50.9 Å². The largest absolute Gasteiger partial charge is 0.337 e. The Morgan fingerprint density at radius 3 is 2.40 bits per heavy atom. The molecule has 136 valence electrons. The molecule has 6 nitrogen and oxygen atoms in total. The van der Waals surface area contributed by atoms with Gasteiger partial charge >= 0.3 is 0 Å². The Morgan fingerprint density at radius 1 is 0.920 bits per heavy atom. The molecule has 3 aliphatic rings. The van der Waals surface area contributed by atoms with Crippen LogP contribution in [0.1, 0.15) is 72.3 Å². The van der Waals surface area contributed by atoms with E-state index in [4.69, 9.17) is 0 Å². The molecule has 2 amide bonds. The van der Waals surface area contributed by atoms with E-state index in [2.05, 4.69) is 11.9 Å². The van der Waals surface area contributed by atoms with Gasteiger partial charge in [-0.2, -0.15) is 0 Å². The minimum absolute atomic E-state index is 0.00942. The third-order valence-corrected chi connectivity index (χ3v) is 5.85. The predicted molar refractivity (Wildman–Crippen MR) is 94.6 cm³/mol. The summed E-state index contributed by atoms with van der Waals surface area (Å²) in [5.74, 6) is 1.06. The van der Waals surface area contributed by atoms with Crippen LogP contribution in [-0.4, -0.2) is 57.3 Å². The average molecular weight is 344 g/mol. The molecule has 0 spiro atoms. The highest BCUT2D eigenvalue weighted by Gasteiger charge is 2.33. The van der Waals surface area contributed by atoms with E-state index in [1.54, 1.807) is 0 Å². The molecule has 25 heavy (non-hydrogen) atoms. The highest BCUT2D eigenvalue weighted by Crippen LogP contribution is 2.25. The first-order valence-electron chi connectivity index (χ1n) is 9.83. The molecule has 3 aliphatic heterocycles. The Labute approximate surface area is 149 Å². The standard InChI is InChI=1S/C19H28N4O2/c1-14-7-6-11-22(13-14)19(25)17-20-16(15-8-2-3-12-23(15)17)18(24)21-9-4-5-10-21/h14H,2-13H2,1H3. The lowest BCUT2D eigenvalue weighted by Crippen LogP contribution is -2.40. The van der Waals surface area contributed by atoms with Gasteiger partial charge in [0.05, 0.1) is 5.69 Å². The average Bonchev–Trinajstić information content (AvgIpc) is 3.29. The van der Waals surface area contributed by atoms with Crippen LogP contribution in [0.5, 0.6) is 0 Å². The molecule has 0 N–H and O–H groups in total. The molecule has 6 heteroatoms. The molecule has 0 saturated carbocycles. The van der Waals surface area contributed by atoms with Gasteiger partial charge in [-0.1, -0.05) is 6.92 Å². The van der Waals surface area contributed by atoms with Crippen molar-refractivity contribution in [3.05, 3.63) is 17.2 Å². The normalized spacial score (nSPS) is 23.6. The molecular weight excluding hydrogens is 316 g/mol. The van der Waals surface area contributed by atoms with Crippen LogP contribution >= 0.6 is 0 Å². The fraction of sp³-hybridized carbons (Fsp3) is 0.737. The lowest BCUT2D eigenvalue weighted by molar-refractivity contribution is 0.0664. The van der Waals surface area contributed by atoms with Crippen LogP contribution in [0, 0.1) is 5.92 Å². The number of fused-ring (bicyclic) bond motifs is 1. The molecule has 1 aromatic rings. The van der Waals surface area contributed by atoms with Gasteiger partial charge in [0.2, 0.25) is 0 Å². The van der Waals surface area contributed by atoms with E-state index >= 15 is 0 Å². The molecule has 1 aromatic heterocycles. The SMILES string of the molecule is CC1CCCN(C(=O)c2nc(C(=O)N3CCCC3)c3n2CCCC3)C1. The molecular formula is C19H28N4O2. The first kappa shape index (κ1) is 16.6. The topological polar surface area (TPSA) is 58.4 Å². The summed E-state index contributed by atoms with van der Waals surface area (Å²) in [6.07, 6.45) is 7.35. The molecule has 0 aromatic carbocycles. The van der Waals surface area contributed by atoms with E-state index in [0.717, 1.165) is 76.9 Å². The van der Waals surface area contributed by atoms with Gasteiger partial charge in [-0.15, -0.1) is 0 Å². The quantitative estimate of drug-likeness (QED) is 0.827. The summed E-state index contributed by atoms with van der Waals surface area (Å²) in [5, 5.41) is 0. The van der Waals surface area contributed by atoms with E-state index < -0.39 is 0 Å². The summed E-state index contributed by atoms with van der Waals surface area (Å²) in [6.45, 7) is 6.25. The molecule has 2 saturated heterocycles. The number of piperidine rings is 1. The smallest absolute Gasteiger partial charge is 0.289 e. The number of likely N-dealkylation sites (tertiary alicyclic amines) is 2. The zero-order chi connectivity index (χ0) is 17.4. The maximum Gasteiger partial charge on any atom is 0.289 e. The van der Waals surface area contributed by atoms with Crippen molar-refractivity contribution >= 4 is 11.8 Å². The summed E-state index contributed by atoms with van der Waals surface area (Å²) in [6, 6.07) is 0. The van der Waals surface area contributed by atoms with Gasteiger partial charge < -0.3 is 14.4 Å². The maximum atomic E-state index is 13.1. The van der Waals surface area contributed by atoms with Crippen molar-refractivity contribution in [1.82, 2.24) is 19.4 Å². The molecule has 0 radical (unpaired) electrons. The number of carbonyl (C=O) groups excluding carboxylic acids is 2. The second kappa shape index (κ2) is 6.81. The Bertz CT molecular complexity index is 675. The highest BCUT2D eigenvalue weighted by molar-refractivity contribution is 5.97. The molecule has 4 rings (SSSR count). The summed E-state index contributed by atoms with van der Waals surface area (Å²) in [4.78, 5) is 34.4. The van der Waals surface area contributed by atoms with E-state index in [9.17, 15) is 9.59 Å². The van der Waals surface area contributed by atoms with Gasteiger partial charge in [0.1, 0.15) is 5.69 Å². The van der Waals surface area contributed by atoms with Crippen molar-refractivity contribution in [3.63, 3.8) is 0 Å². The molecule has 2 fully saturated rings. The van der Waals surface area contributed by atoms with Crippen LogP contribution in [0.2, 0.25) is 0 Å². The molecule has 0 bridgehead atoms. The van der Waals surface area contributed by atoms with Crippen molar-refractivity contribution in [2.24, 2.45) is 5.92 Å². The van der Waals surface area contributed by atoms with Crippen LogP contribution in [0.25, 0.3) is 0 Å². The van der Waals surface area contributed by atoms with Gasteiger partial charge in [-0.25, -0.2) is 4.98 Å². The van der Waals surface area contributed by atoms with E-state index in [0.29, 0.717) is 17.4 Å². The Hall–Kier alpha value is -1.85. The van der Waals surface area contributed by atoms with Gasteiger partial charge in [0, 0.05) is 32.7 Å². The summed E-state index contributed by atoms with van der Waals surface area (Å²) in [5.41, 5.74) is 1.52. The van der Waals surface area contributed by atoms with Crippen LogP contribution in [0.4, 0.5) is 0 Å². The van der Waals surface area contributed by atoms with Gasteiger partial charge in [-0.3, -0.25) is 9.59 Å². The molecule has 1 unspecified atom stereocenters. The van der Waals surface area contributed by atoms with E-state index in [-0.39, 0.29) is 11.8 Å². The zero-order valence-corrected chi connectivity index (χ0v) is 15.2. The second-order valence-corrected chi connectivity index (χ2v) is 7.84. The van der Waals surface area contributed by atoms with Crippen molar-refractivity contribution in [3.8, 4) is 0 Å². The molecule has 0 aliphatic carbocycles. The number of imidazole rings is 1. The van der Waals surface area contributed by atoms with E-state index in [1.165, 1.54) is 6.42 Å². The minimum atomic E-state index is 0.00942. The van der Waals surface area contributed by atoms with Crippen molar-refractivity contribution in [1.29, 1.82) is 0 Å². The van der Waals surface area contributed by atoms with Gasteiger partial charge in [0.25, 0.3) is 11.8 Å². The number of nitrogens with zero attached hydrogens (tertiary/aromatic N) is 4. The Morgan fingerprint density at radius 2 is 1.64 bits per heavy atom. The Kier molecular flexibility index (Phi) is 4.52. The number of carbonyl (C=O) groups is 2.